The highest BCUT2D eigenvalue weighted by Crippen LogP contribution is 2.42. The summed E-state index contributed by atoms with van der Waals surface area (Å²) in [4.78, 5) is -3.42. The average Bonchev–Trinajstić information content (AvgIpc) is 2.79. The Kier molecular flexibility index (Phi) is 6.77. The number of phenols is 1. The lowest BCUT2D eigenvalue weighted by Crippen LogP contribution is -2.04. The molecule has 0 fully saturated rings. The van der Waals surface area contributed by atoms with E-state index in [4.69, 9.17) is 0 Å². The van der Waals surface area contributed by atoms with Crippen molar-refractivity contribution in [2.24, 2.45) is 10.2 Å². The summed E-state index contributed by atoms with van der Waals surface area (Å²) in [7, 11) is -19.7. The maximum absolute atomic E-state index is 11.9. The number of azo groups is 1. The Balaban J connectivity index is 1.97. The van der Waals surface area contributed by atoms with E-state index >= 15 is 0 Å². The molecule has 0 aromatic heterocycles. The molecule has 0 heterocycles. The molecule has 0 spiro atoms. The van der Waals surface area contributed by atoms with Crippen LogP contribution in [0.2, 0.25) is 0 Å². The molecule has 0 unspecified atom stereocenters. The summed E-state index contributed by atoms with van der Waals surface area (Å²) in [6, 6.07) is 8.38. The molecule has 0 amide bonds. The van der Waals surface area contributed by atoms with Gasteiger partial charge >= 0.3 is 0 Å². The fourth-order valence-corrected chi connectivity index (χ4v) is 6.09. The Morgan fingerprint density at radius 2 is 1.10 bits per heavy atom. The second-order valence-corrected chi connectivity index (χ2v) is 13.5. The smallest absolute Gasteiger partial charge is 0.298 e. The molecule has 4 rings (SSSR count). The normalized spacial score (nSPS) is 13.4. The van der Waals surface area contributed by atoms with E-state index in [1.54, 1.807) is 0 Å². The van der Waals surface area contributed by atoms with Crippen LogP contribution in [0.15, 0.2) is 84.4 Å². The predicted molar refractivity (Wildman–Crippen MR) is 133 cm³/mol. The van der Waals surface area contributed by atoms with Crippen molar-refractivity contribution in [3.05, 3.63) is 54.6 Å². The van der Waals surface area contributed by atoms with E-state index in [-0.39, 0.29) is 27.2 Å². The molecule has 5 N–H and O–H groups in total. The van der Waals surface area contributed by atoms with Crippen molar-refractivity contribution >= 4 is 73.4 Å². The minimum atomic E-state index is -5.07. The quantitative estimate of drug-likeness (QED) is 0.154. The topological polar surface area (TPSA) is 262 Å². The maximum Gasteiger partial charge on any atom is 0.298 e. The number of rotatable bonds is 6. The fourth-order valence-electron chi connectivity index (χ4n) is 3.61. The van der Waals surface area contributed by atoms with E-state index in [0.717, 1.165) is 42.5 Å². The molecular formula is C20H14N2O13S4. The minimum Gasteiger partial charge on any atom is -0.504 e. The predicted octanol–water partition coefficient (Wildman–Crippen LogP) is 3.10. The van der Waals surface area contributed by atoms with E-state index < -0.39 is 71.5 Å². The number of phenolic OH excluding ortho intramolecular Hbond substituents is 1. The molecule has 0 aliphatic carbocycles. The van der Waals surface area contributed by atoms with Crippen LogP contribution in [0.1, 0.15) is 0 Å². The molecule has 39 heavy (non-hydrogen) atoms. The molecule has 0 radical (unpaired) electrons. The SMILES string of the molecule is O=S(=O)(O)c1cc(S(=O)(=O)O)c2cc(N=Nc3c(O)c(S(=O)(=O)O)cc4cc(S(=O)(=O)O)ccc34)ccc2c1. The molecule has 19 heteroatoms. The van der Waals surface area contributed by atoms with Gasteiger partial charge in [-0.15, -0.1) is 5.11 Å². The first kappa shape index (κ1) is 28.4. The number of aromatic hydroxyl groups is 1. The second-order valence-electron chi connectivity index (χ2n) is 7.88. The highest BCUT2D eigenvalue weighted by atomic mass is 32.2. The van der Waals surface area contributed by atoms with Gasteiger partial charge in [-0.1, -0.05) is 12.1 Å². The Morgan fingerprint density at radius 3 is 1.67 bits per heavy atom. The number of fused-ring (bicyclic) bond motifs is 2. The van der Waals surface area contributed by atoms with Crippen LogP contribution in [0.4, 0.5) is 11.4 Å². The van der Waals surface area contributed by atoms with Crippen LogP contribution in [0, 0.1) is 0 Å². The standard InChI is InChI=1S/C20H14N2O13S4/c23-20-18(39(33,34)35)7-11-6-13(36(24,25)26)3-4-15(11)19(20)22-21-12-2-1-10-5-14(37(27,28)29)9-17(16(10)8-12)38(30,31)32/h1-9,23H,(H,24,25,26)(H,27,28,29)(H,30,31,32)(H,33,34,35). The number of hydrogen-bond donors (Lipinski definition) is 5. The van der Waals surface area contributed by atoms with Gasteiger partial charge in [0.15, 0.2) is 5.75 Å². The molecule has 206 valence electrons. The first-order valence-electron chi connectivity index (χ1n) is 9.96. The monoisotopic (exact) mass is 618 g/mol. The van der Waals surface area contributed by atoms with Crippen LogP contribution in [0.25, 0.3) is 21.5 Å². The van der Waals surface area contributed by atoms with Crippen LogP contribution in [0.5, 0.6) is 5.75 Å². The van der Waals surface area contributed by atoms with Crippen molar-refractivity contribution in [3.63, 3.8) is 0 Å². The van der Waals surface area contributed by atoms with Crippen molar-refractivity contribution in [2.45, 2.75) is 19.6 Å². The summed E-state index contributed by atoms with van der Waals surface area (Å²) >= 11 is 0. The Bertz CT molecular complexity index is 2170. The third-order valence-electron chi connectivity index (χ3n) is 5.31. The average molecular weight is 619 g/mol. The lowest BCUT2D eigenvalue weighted by Gasteiger charge is -2.10. The summed E-state index contributed by atoms with van der Waals surface area (Å²) in [5.74, 6) is -1.08. The first-order valence-corrected chi connectivity index (χ1v) is 15.7. The molecule has 4 aromatic carbocycles. The highest BCUT2D eigenvalue weighted by Gasteiger charge is 2.24. The van der Waals surface area contributed by atoms with Crippen LogP contribution >= 0.6 is 0 Å². The first-order chi connectivity index (χ1) is 17.8. The van der Waals surface area contributed by atoms with E-state index in [2.05, 4.69) is 10.2 Å². The number of hydrogen-bond acceptors (Lipinski definition) is 11. The third kappa shape index (κ3) is 5.74. The van der Waals surface area contributed by atoms with E-state index in [1.165, 1.54) is 6.07 Å². The van der Waals surface area contributed by atoms with Crippen molar-refractivity contribution in [2.75, 3.05) is 0 Å². The fraction of sp³-hybridized carbons (Fsp3) is 0. The van der Waals surface area contributed by atoms with E-state index in [1.807, 2.05) is 0 Å². The molecule has 0 saturated carbocycles. The van der Waals surface area contributed by atoms with Crippen LogP contribution < -0.4 is 0 Å². The Hall–Kier alpha value is -3.56. The van der Waals surface area contributed by atoms with Crippen molar-refractivity contribution < 1.29 is 57.0 Å². The van der Waals surface area contributed by atoms with Gasteiger partial charge in [0.1, 0.15) is 15.5 Å². The van der Waals surface area contributed by atoms with Crippen molar-refractivity contribution in [3.8, 4) is 5.75 Å². The molecule has 4 aromatic rings. The Morgan fingerprint density at radius 1 is 0.513 bits per heavy atom. The number of benzene rings is 4. The lowest BCUT2D eigenvalue weighted by molar-refractivity contribution is 0.444. The molecule has 0 atom stereocenters. The van der Waals surface area contributed by atoms with E-state index in [0.29, 0.717) is 6.07 Å². The van der Waals surface area contributed by atoms with Gasteiger partial charge in [0, 0.05) is 10.8 Å². The summed E-state index contributed by atoms with van der Waals surface area (Å²) in [5, 5.41) is 17.5. The molecule has 0 bridgehead atoms. The molecule has 15 nitrogen and oxygen atoms in total. The highest BCUT2D eigenvalue weighted by molar-refractivity contribution is 7.87. The zero-order valence-electron chi connectivity index (χ0n) is 18.7. The summed E-state index contributed by atoms with van der Waals surface area (Å²) in [6.45, 7) is 0. The van der Waals surface area contributed by atoms with Gasteiger partial charge in [-0.25, -0.2) is 0 Å². The second kappa shape index (κ2) is 9.27. The van der Waals surface area contributed by atoms with Crippen LogP contribution in [-0.2, 0) is 40.5 Å². The molecule has 0 saturated heterocycles. The summed E-state index contributed by atoms with van der Waals surface area (Å²) < 4.78 is 131. The van der Waals surface area contributed by atoms with Gasteiger partial charge in [-0.2, -0.15) is 38.8 Å². The zero-order valence-corrected chi connectivity index (χ0v) is 22.0. The summed E-state index contributed by atoms with van der Waals surface area (Å²) in [6.07, 6.45) is 0. The van der Waals surface area contributed by atoms with Crippen LogP contribution in [-0.4, -0.2) is 57.0 Å². The van der Waals surface area contributed by atoms with Gasteiger partial charge in [-0.05, 0) is 53.2 Å². The van der Waals surface area contributed by atoms with Gasteiger partial charge in [0.2, 0.25) is 0 Å². The van der Waals surface area contributed by atoms with E-state index in [9.17, 15) is 57.0 Å². The largest absolute Gasteiger partial charge is 0.504 e. The molecule has 0 aliphatic heterocycles. The maximum atomic E-state index is 11.9. The zero-order chi connectivity index (χ0) is 29.1. The van der Waals surface area contributed by atoms with Crippen molar-refractivity contribution in [1.82, 2.24) is 0 Å². The van der Waals surface area contributed by atoms with Gasteiger partial charge < -0.3 is 5.11 Å². The Labute approximate surface area is 220 Å². The van der Waals surface area contributed by atoms with Crippen molar-refractivity contribution in [1.29, 1.82) is 0 Å². The van der Waals surface area contributed by atoms with Gasteiger partial charge in [-0.3, -0.25) is 18.2 Å². The van der Waals surface area contributed by atoms with Gasteiger partial charge in [0.05, 0.1) is 15.5 Å². The molecular weight excluding hydrogens is 604 g/mol. The lowest BCUT2D eigenvalue weighted by atomic mass is 10.1. The third-order valence-corrected chi connectivity index (χ3v) is 8.75. The summed E-state index contributed by atoms with van der Waals surface area (Å²) in [5.41, 5.74) is -0.731. The van der Waals surface area contributed by atoms with Gasteiger partial charge in [0.25, 0.3) is 40.5 Å². The van der Waals surface area contributed by atoms with Crippen LogP contribution in [0.3, 0.4) is 0 Å². The minimum absolute atomic E-state index is 0.0592. The number of nitrogens with zero attached hydrogens (tertiary/aromatic N) is 2. The molecule has 0 aliphatic rings.